The molecule has 1 fully saturated rings. The molecule has 5 nitrogen and oxygen atoms in total. The molecule has 0 amide bonds. The number of aliphatic hydroxyl groups excluding tert-OH is 1. The van der Waals surface area contributed by atoms with Gasteiger partial charge in [0.25, 0.3) is 0 Å². The van der Waals surface area contributed by atoms with Crippen LogP contribution in [0.1, 0.15) is 29.5 Å². The van der Waals surface area contributed by atoms with Gasteiger partial charge in [-0.05, 0) is 53.6 Å². The Balaban J connectivity index is 2.04. The van der Waals surface area contributed by atoms with Crippen LogP contribution >= 0.6 is 22.6 Å². The normalized spacial score (nSPS) is 21.1. The van der Waals surface area contributed by atoms with E-state index in [4.69, 9.17) is 9.57 Å². The van der Waals surface area contributed by atoms with Gasteiger partial charge < -0.3 is 14.7 Å². The molecule has 1 aromatic carbocycles. The number of rotatable bonds is 2. The number of hydroxylamine groups is 2. The lowest BCUT2D eigenvalue weighted by Gasteiger charge is -2.36. The molecular weight excluding hydrogens is 409 g/mol. The second kappa shape index (κ2) is 6.07. The van der Waals surface area contributed by atoms with Crippen LogP contribution in [0.2, 0.25) is 0 Å². The highest BCUT2D eigenvalue weighted by molar-refractivity contribution is 14.1. The highest BCUT2D eigenvalue weighted by atomic mass is 127. The lowest BCUT2D eigenvalue weighted by Crippen LogP contribution is -2.45. The minimum Gasteiger partial charge on any atom is -0.507 e. The molecule has 1 spiro atoms. The molecule has 1 N–H and O–H groups in total. The number of benzene rings is 1. The van der Waals surface area contributed by atoms with Gasteiger partial charge in [0.1, 0.15) is 5.57 Å². The van der Waals surface area contributed by atoms with Gasteiger partial charge in [-0.25, -0.2) is 4.79 Å². The van der Waals surface area contributed by atoms with Gasteiger partial charge in [-0.3, -0.25) is 0 Å². The third kappa shape index (κ3) is 2.77. The second-order valence-corrected chi connectivity index (χ2v) is 7.32. The Kier molecular flexibility index (Phi) is 4.41. The molecule has 2 aliphatic rings. The van der Waals surface area contributed by atoms with Gasteiger partial charge in [0.2, 0.25) is 0 Å². The summed E-state index contributed by atoms with van der Waals surface area (Å²) in [6.07, 6.45) is 1.06. The van der Waals surface area contributed by atoms with E-state index in [1.165, 1.54) is 0 Å². The fourth-order valence-corrected chi connectivity index (χ4v) is 4.61. The van der Waals surface area contributed by atoms with E-state index in [9.17, 15) is 9.90 Å². The van der Waals surface area contributed by atoms with Crippen molar-refractivity contribution in [2.24, 2.45) is 0 Å². The summed E-state index contributed by atoms with van der Waals surface area (Å²) >= 11 is 2.21. The predicted octanol–water partition coefficient (Wildman–Crippen LogP) is 3.13. The molecule has 2 heterocycles. The molecule has 6 heteroatoms. The minimum absolute atomic E-state index is 0.0723. The van der Waals surface area contributed by atoms with Gasteiger partial charge in [-0.15, -0.1) is 0 Å². The summed E-state index contributed by atoms with van der Waals surface area (Å²) in [5.74, 6) is -0.360. The summed E-state index contributed by atoms with van der Waals surface area (Å²) < 4.78 is 6.60. The third-order valence-electron chi connectivity index (χ3n) is 4.63. The van der Waals surface area contributed by atoms with Gasteiger partial charge in [0.05, 0.1) is 7.11 Å². The van der Waals surface area contributed by atoms with Crippen molar-refractivity contribution in [3.05, 3.63) is 38.2 Å². The molecule has 1 aromatic rings. The van der Waals surface area contributed by atoms with Crippen LogP contribution in [0.4, 0.5) is 0 Å². The fourth-order valence-electron chi connectivity index (χ4n) is 3.42. The smallest absolute Gasteiger partial charge is 0.343 e. The van der Waals surface area contributed by atoms with Gasteiger partial charge in [-0.1, -0.05) is 6.07 Å². The standard InChI is InChI=1S/C17H20INO4/c1-10-8-11(2)13(12(18)9-10)14-15(20)17(23-16(14)21)4-6-19(22-3)7-5-17/h8-9,20H,4-7H2,1-3H3. The second-order valence-electron chi connectivity index (χ2n) is 6.16. The zero-order chi connectivity index (χ0) is 16.8. The molecule has 0 saturated carbocycles. The van der Waals surface area contributed by atoms with Gasteiger partial charge in [0, 0.05) is 35.1 Å². The number of nitrogens with zero attached hydrogens (tertiary/aromatic N) is 1. The zero-order valence-electron chi connectivity index (χ0n) is 13.5. The van der Waals surface area contributed by atoms with E-state index in [1.54, 1.807) is 7.11 Å². The van der Waals surface area contributed by atoms with Crippen LogP contribution in [0.3, 0.4) is 0 Å². The number of piperidine rings is 1. The molecule has 3 rings (SSSR count). The average Bonchev–Trinajstić information content (AvgIpc) is 2.72. The molecule has 0 radical (unpaired) electrons. The van der Waals surface area contributed by atoms with E-state index >= 15 is 0 Å². The first kappa shape index (κ1) is 16.7. The van der Waals surface area contributed by atoms with Gasteiger partial charge in [-0.2, -0.15) is 5.06 Å². The van der Waals surface area contributed by atoms with Crippen molar-refractivity contribution >= 4 is 34.1 Å². The molecule has 1 saturated heterocycles. The quantitative estimate of drug-likeness (QED) is 0.579. The number of aryl methyl sites for hydroxylation is 2. The summed E-state index contributed by atoms with van der Waals surface area (Å²) in [5.41, 5.74) is 2.30. The van der Waals surface area contributed by atoms with Crippen LogP contribution < -0.4 is 0 Å². The van der Waals surface area contributed by atoms with E-state index in [2.05, 4.69) is 22.6 Å². The Morgan fingerprint density at radius 1 is 1.30 bits per heavy atom. The van der Waals surface area contributed by atoms with Gasteiger partial charge >= 0.3 is 5.97 Å². The van der Waals surface area contributed by atoms with E-state index in [0.717, 1.165) is 20.3 Å². The van der Waals surface area contributed by atoms with Crippen LogP contribution in [-0.2, 0) is 14.4 Å². The van der Waals surface area contributed by atoms with Crippen molar-refractivity contribution in [1.29, 1.82) is 0 Å². The molecule has 2 aliphatic heterocycles. The minimum atomic E-state index is -0.901. The van der Waals surface area contributed by atoms with Crippen molar-refractivity contribution in [2.45, 2.75) is 32.3 Å². The number of hydrogen-bond acceptors (Lipinski definition) is 5. The van der Waals surface area contributed by atoms with Crippen LogP contribution in [0, 0.1) is 17.4 Å². The third-order valence-corrected chi connectivity index (χ3v) is 5.48. The first-order chi connectivity index (χ1) is 10.9. The zero-order valence-corrected chi connectivity index (χ0v) is 15.6. The molecule has 23 heavy (non-hydrogen) atoms. The topological polar surface area (TPSA) is 59.0 Å². The summed E-state index contributed by atoms with van der Waals surface area (Å²) in [6, 6.07) is 4.03. The number of hydrogen-bond donors (Lipinski definition) is 1. The molecule has 124 valence electrons. The SMILES string of the molecule is CON1CCC2(CC1)OC(=O)C(c1c(C)cc(C)cc1I)=C2O. The Morgan fingerprint density at radius 2 is 1.96 bits per heavy atom. The molecule has 0 atom stereocenters. The Labute approximate surface area is 149 Å². The summed E-state index contributed by atoms with van der Waals surface area (Å²) in [7, 11) is 1.62. The first-order valence-electron chi connectivity index (χ1n) is 7.61. The maximum atomic E-state index is 12.5. The van der Waals surface area contributed by atoms with E-state index in [0.29, 0.717) is 31.5 Å². The van der Waals surface area contributed by atoms with Crippen LogP contribution in [0.25, 0.3) is 5.57 Å². The van der Waals surface area contributed by atoms with Crippen molar-refractivity contribution in [3.8, 4) is 0 Å². The van der Waals surface area contributed by atoms with Crippen molar-refractivity contribution in [2.75, 3.05) is 20.2 Å². The van der Waals surface area contributed by atoms with Crippen LogP contribution in [-0.4, -0.2) is 41.9 Å². The maximum absolute atomic E-state index is 12.5. The Hall–Kier alpha value is -1.12. The van der Waals surface area contributed by atoms with E-state index in [1.807, 2.05) is 31.0 Å². The van der Waals surface area contributed by atoms with E-state index in [-0.39, 0.29) is 5.76 Å². The Bertz CT molecular complexity index is 667. The summed E-state index contributed by atoms with van der Waals surface area (Å²) in [5, 5.41) is 12.6. The van der Waals surface area contributed by atoms with Crippen molar-refractivity contribution in [1.82, 2.24) is 5.06 Å². The lowest BCUT2D eigenvalue weighted by atomic mass is 9.87. The predicted molar refractivity (Wildman–Crippen MR) is 94.8 cm³/mol. The molecular formula is C17H20INO4. The van der Waals surface area contributed by atoms with E-state index < -0.39 is 11.6 Å². The number of aliphatic hydroxyl groups is 1. The number of carbonyl (C=O) groups is 1. The highest BCUT2D eigenvalue weighted by Crippen LogP contribution is 2.44. The van der Waals surface area contributed by atoms with Crippen LogP contribution in [0.15, 0.2) is 17.9 Å². The Morgan fingerprint density at radius 3 is 2.52 bits per heavy atom. The number of ether oxygens (including phenoxy) is 1. The number of halogens is 1. The molecule has 0 aromatic heterocycles. The summed E-state index contributed by atoms with van der Waals surface area (Å²) in [4.78, 5) is 17.7. The average molecular weight is 429 g/mol. The fraction of sp³-hybridized carbons (Fsp3) is 0.471. The monoisotopic (exact) mass is 429 g/mol. The number of esters is 1. The van der Waals surface area contributed by atoms with Gasteiger partial charge in [0.15, 0.2) is 11.4 Å². The van der Waals surface area contributed by atoms with Crippen LogP contribution in [0.5, 0.6) is 0 Å². The summed E-state index contributed by atoms with van der Waals surface area (Å²) in [6.45, 7) is 5.20. The lowest BCUT2D eigenvalue weighted by molar-refractivity contribution is -0.182. The molecule has 0 aliphatic carbocycles. The molecule has 0 unspecified atom stereocenters. The highest BCUT2D eigenvalue weighted by Gasteiger charge is 2.50. The maximum Gasteiger partial charge on any atom is 0.343 e. The largest absolute Gasteiger partial charge is 0.507 e. The number of carbonyl (C=O) groups excluding carboxylic acids is 1. The molecule has 0 bridgehead atoms. The van der Waals surface area contributed by atoms with Crippen molar-refractivity contribution in [3.63, 3.8) is 0 Å². The van der Waals surface area contributed by atoms with Crippen molar-refractivity contribution < 1.29 is 19.5 Å². The first-order valence-corrected chi connectivity index (χ1v) is 8.69.